The second kappa shape index (κ2) is 7.50. The predicted molar refractivity (Wildman–Crippen MR) is 112 cm³/mol. The molecule has 2 aromatic carbocycles. The van der Waals surface area contributed by atoms with Gasteiger partial charge in [0.25, 0.3) is 5.91 Å². The highest BCUT2D eigenvalue weighted by Gasteiger charge is 2.39. The molecule has 3 amide bonds. The number of hydrogen-bond donors (Lipinski definition) is 3. The summed E-state index contributed by atoms with van der Waals surface area (Å²) in [4.78, 5) is 37.9. The van der Waals surface area contributed by atoms with Crippen LogP contribution >= 0.6 is 0 Å². The topological polar surface area (TPSA) is 123 Å². The molecule has 1 unspecified atom stereocenters. The smallest absolute Gasteiger partial charge is 0.255 e. The fourth-order valence-electron chi connectivity index (χ4n) is 4.19. The van der Waals surface area contributed by atoms with E-state index in [2.05, 4.69) is 10.6 Å². The van der Waals surface area contributed by atoms with Gasteiger partial charge in [-0.15, -0.1) is 0 Å². The molecule has 31 heavy (non-hydrogen) atoms. The number of nitrogens with zero attached hydrogens (tertiary/aromatic N) is 1. The Labute approximate surface area is 178 Å². The van der Waals surface area contributed by atoms with Crippen LogP contribution in [0.4, 0.5) is 11.4 Å². The first-order valence-corrected chi connectivity index (χ1v) is 10.2. The number of nitrogens with one attached hydrogen (secondary N) is 2. The molecule has 9 heteroatoms. The van der Waals surface area contributed by atoms with E-state index in [0.717, 1.165) is 16.8 Å². The van der Waals surface area contributed by atoms with Crippen LogP contribution in [0.2, 0.25) is 0 Å². The zero-order valence-electron chi connectivity index (χ0n) is 16.8. The minimum atomic E-state index is -0.614. The van der Waals surface area contributed by atoms with E-state index in [9.17, 15) is 14.4 Å². The van der Waals surface area contributed by atoms with Crippen LogP contribution < -0.4 is 25.8 Å². The van der Waals surface area contributed by atoms with E-state index in [-0.39, 0.29) is 18.2 Å². The minimum absolute atomic E-state index is 0.180. The lowest BCUT2D eigenvalue weighted by atomic mass is 10.0. The van der Waals surface area contributed by atoms with Crippen molar-refractivity contribution in [2.75, 3.05) is 24.3 Å². The quantitative estimate of drug-likeness (QED) is 0.503. The van der Waals surface area contributed by atoms with E-state index in [1.54, 1.807) is 17.0 Å². The Balaban J connectivity index is 1.30. The monoisotopic (exact) mass is 422 g/mol. The van der Waals surface area contributed by atoms with Crippen LogP contribution in [0.1, 0.15) is 34.3 Å². The standard InChI is InChI=1S/C22H22N4O5/c23-15-8-18-19(31-6-5-30-18)9-16(15)24-10-12-1-2-14-13(7-12)11-26(22(14)29)17-3-4-20(27)25-21(17)28/h1-2,7-9,17,24H,3-6,10-11,23H2,(H,25,27,28). The number of nitrogens with two attached hydrogens (primary N) is 1. The van der Waals surface area contributed by atoms with E-state index in [4.69, 9.17) is 15.2 Å². The summed E-state index contributed by atoms with van der Waals surface area (Å²) in [5.74, 6) is 0.409. The Bertz CT molecular complexity index is 1100. The van der Waals surface area contributed by atoms with Crippen molar-refractivity contribution in [3.8, 4) is 11.5 Å². The highest BCUT2D eigenvalue weighted by Crippen LogP contribution is 2.37. The number of anilines is 2. The highest BCUT2D eigenvalue weighted by atomic mass is 16.6. The van der Waals surface area contributed by atoms with Crippen LogP contribution in [0.3, 0.4) is 0 Å². The SMILES string of the molecule is Nc1cc2c(cc1NCc1ccc3c(c1)CN(C1CCC(=O)NC1=O)C3=O)OCCO2. The van der Waals surface area contributed by atoms with Gasteiger partial charge in [0.1, 0.15) is 19.3 Å². The van der Waals surface area contributed by atoms with Gasteiger partial charge >= 0.3 is 0 Å². The first-order valence-electron chi connectivity index (χ1n) is 10.2. The van der Waals surface area contributed by atoms with Crippen molar-refractivity contribution in [1.29, 1.82) is 0 Å². The Hall–Kier alpha value is -3.75. The molecule has 5 rings (SSSR count). The molecular formula is C22H22N4O5. The third-order valence-electron chi connectivity index (χ3n) is 5.79. The Kier molecular flexibility index (Phi) is 4.65. The zero-order valence-corrected chi connectivity index (χ0v) is 16.8. The number of hydrogen-bond acceptors (Lipinski definition) is 7. The molecule has 1 saturated heterocycles. The lowest BCUT2D eigenvalue weighted by Crippen LogP contribution is -2.52. The van der Waals surface area contributed by atoms with Crippen molar-refractivity contribution in [1.82, 2.24) is 10.2 Å². The maximum atomic E-state index is 12.8. The van der Waals surface area contributed by atoms with Gasteiger partial charge in [-0.1, -0.05) is 12.1 Å². The fourth-order valence-corrected chi connectivity index (χ4v) is 4.19. The largest absolute Gasteiger partial charge is 0.486 e. The van der Waals surface area contributed by atoms with Crippen molar-refractivity contribution >= 4 is 29.1 Å². The second-order valence-corrected chi connectivity index (χ2v) is 7.83. The average molecular weight is 422 g/mol. The lowest BCUT2D eigenvalue weighted by molar-refractivity contribution is -0.136. The maximum absolute atomic E-state index is 12.8. The van der Waals surface area contributed by atoms with Gasteiger partial charge in [-0.2, -0.15) is 0 Å². The van der Waals surface area contributed by atoms with Gasteiger partial charge < -0.3 is 25.4 Å². The number of amides is 3. The van der Waals surface area contributed by atoms with Gasteiger partial charge in [-0.25, -0.2) is 0 Å². The number of benzene rings is 2. The van der Waals surface area contributed by atoms with Crippen LogP contribution in [-0.4, -0.2) is 41.9 Å². The van der Waals surface area contributed by atoms with Gasteiger partial charge in [-0.05, 0) is 23.6 Å². The Morgan fingerprint density at radius 2 is 1.87 bits per heavy atom. The molecule has 0 spiro atoms. The molecule has 3 aliphatic heterocycles. The summed E-state index contributed by atoms with van der Waals surface area (Å²) in [6, 6.07) is 8.58. The van der Waals surface area contributed by atoms with Crippen LogP contribution in [0.5, 0.6) is 11.5 Å². The molecule has 0 bridgehead atoms. The number of nitrogen functional groups attached to an aromatic ring is 1. The summed E-state index contributed by atoms with van der Waals surface area (Å²) in [5, 5.41) is 5.63. The number of ether oxygens (including phenoxy) is 2. The average Bonchev–Trinajstić information content (AvgIpc) is 3.08. The second-order valence-electron chi connectivity index (χ2n) is 7.83. The Morgan fingerprint density at radius 3 is 2.65 bits per heavy atom. The van der Waals surface area contributed by atoms with Crippen molar-refractivity contribution in [3.63, 3.8) is 0 Å². The van der Waals surface area contributed by atoms with Crippen molar-refractivity contribution in [3.05, 3.63) is 47.0 Å². The molecule has 160 valence electrons. The number of rotatable bonds is 4. The van der Waals surface area contributed by atoms with E-state index in [0.29, 0.717) is 55.5 Å². The number of imide groups is 1. The van der Waals surface area contributed by atoms with Gasteiger partial charge in [-0.3, -0.25) is 19.7 Å². The van der Waals surface area contributed by atoms with Crippen LogP contribution in [-0.2, 0) is 22.7 Å². The summed E-state index contributed by atoms with van der Waals surface area (Å²) in [7, 11) is 0. The minimum Gasteiger partial charge on any atom is -0.486 e. The summed E-state index contributed by atoms with van der Waals surface area (Å²) in [6.07, 6.45) is 0.588. The van der Waals surface area contributed by atoms with Gasteiger partial charge in [0.05, 0.1) is 11.4 Å². The van der Waals surface area contributed by atoms with Gasteiger partial charge in [0.15, 0.2) is 11.5 Å². The fraction of sp³-hybridized carbons (Fsp3) is 0.318. The van der Waals surface area contributed by atoms with Crippen molar-refractivity contribution < 1.29 is 23.9 Å². The summed E-state index contributed by atoms with van der Waals surface area (Å²) < 4.78 is 11.2. The van der Waals surface area contributed by atoms with Crippen LogP contribution in [0.15, 0.2) is 30.3 Å². The summed E-state index contributed by atoms with van der Waals surface area (Å²) in [6.45, 7) is 1.85. The molecule has 0 radical (unpaired) electrons. The number of piperidine rings is 1. The first kappa shape index (κ1) is 19.2. The van der Waals surface area contributed by atoms with E-state index < -0.39 is 11.9 Å². The van der Waals surface area contributed by atoms with Gasteiger partial charge in [0.2, 0.25) is 11.8 Å². The molecular weight excluding hydrogens is 400 g/mol. The molecule has 3 aliphatic rings. The number of fused-ring (bicyclic) bond motifs is 2. The molecule has 0 aromatic heterocycles. The first-order chi connectivity index (χ1) is 15.0. The predicted octanol–water partition coefficient (Wildman–Crippen LogP) is 1.41. The molecule has 1 atom stereocenters. The Morgan fingerprint density at radius 1 is 1.10 bits per heavy atom. The zero-order chi connectivity index (χ0) is 21.5. The van der Waals surface area contributed by atoms with Crippen LogP contribution in [0.25, 0.3) is 0 Å². The van der Waals surface area contributed by atoms with Crippen molar-refractivity contribution in [2.24, 2.45) is 0 Å². The molecule has 0 aliphatic carbocycles. The summed E-state index contributed by atoms with van der Waals surface area (Å²) >= 11 is 0. The molecule has 2 aromatic rings. The van der Waals surface area contributed by atoms with E-state index >= 15 is 0 Å². The van der Waals surface area contributed by atoms with Gasteiger partial charge in [0, 0.05) is 37.2 Å². The molecule has 0 saturated carbocycles. The maximum Gasteiger partial charge on any atom is 0.255 e. The highest BCUT2D eigenvalue weighted by molar-refractivity contribution is 6.05. The number of carbonyl (C=O) groups is 3. The van der Waals surface area contributed by atoms with Crippen LogP contribution in [0, 0.1) is 0 Å². The normalized spacial score (nSPS) is 19.8. The van der Waals surface area contributed by atoms with Crippen molar-refractivity contribution in [2.45, 2.75) is 32.0 Å². The van der Waals surface area contributed by atoms with E-state index in [1.165, 1.54) is 0 Å². The molecule has 4 N–H and O–H groups in total. The molecule has 3 heterocycles. The third kappa shape index (κ3) is 3.52. The molecule has 1 fully saturated rings. The number of carbonyl (C=O) groups excluding carboxylic acids is 3. The summed E-state index contributed by atoms with van der Waals surface area (Å²) in [5.41, 5.74) is 9.86. The molecule has 9 nitrogen and oxygen atoms in total. The van der Waals surface area contributed by atoms with E-state index in [1.807, 2.05) is 18.2 Å². The lowest BCUT2D eigenvalue weighted by Gasteiger charge is -2.29. The third-order valence-corrected chi connectivity index (χ3v) is 5.79.